The SMILES string of the molecule is O=C(CN1CCC(CC(=O)N2CCCC2)CC1)Nc1ccccc1C(=O)Nc1ccc(F)cc1. The smallest absolute Gasteiger partial charge is 0.257 e. The lowest BCUT2D eigenvalue weighted by atomic mass is 9.93. The predicted molar refractivity (Wildman–Crippen MR) is 129 cm³/mol. The molecule has 0 unspecified atom stereocenters. The normalized spacial score (nSPS) is 16.9. The predicted octanol–water partition coefficient (Wildman–Crippen LogP) is 3.74. The molecule has 7 nitrogen and oxygen atoms in total. The molecule has 0 radical (unpaired) electrons. The highest BCUT2D eigenvalue weighted by molar-refractivity contribution is 6.10. The zero-order valence-electron chi connectivity index (χ0n) is 19.3. The first-order valence-electron chi connectivity index (χ1n) is 11.9. The zero-order valence-corrected chi connectivity index (χ0v) is 19.3. The van der Waals surface area contributed by atoms with Crippen LogP contribution in [0.25, 0.3) is 0 Å². The Morgan fingerprint density at radius 2 is 1.56 bits per heavy atom. The fraction of sp³-hybridized carbons (Fsp3) is 0.423. The molecule has 2 N–H and O–H groups in total. The second-order valence-electron chi connectivity index (χ2n) is 9.07. The maximum atomic E-state index is 13.1. The van der Waals surface area contributed by atoms with Crippen LogP contribution in [0.2, 0.25) is 0 Å². The van der Waals surface area contributed by atoms with E-state index in [0.29, 0.717) is 29.3 Å². The van der Waals surface area contributed by atoms with Crippen LogP contribution in [0.1, 0.15) is 42.5 Å². The molecule has 0 atom stereocenters. The summed E-state index contributed by atoms with van der Waals surface area (Å²) >= 11 is 0. The number of halogens is 1. The molecule has 0 spiro atoms. The minimum atomic E-state index is -0.383. The molecule has 2 aliphatic heterocycles. The number of piperidine rings is 1. The summed E-state index contributed by atoms with van der Waals surface area (Å²) in [6.07, 6.45) is 4.64. The van der Waals surface area contributed by atoms with Gasteiger partial charge in [0.15, 0.2) is 0 Å². The second kappa shape index (κ2) is 11.2. The standard InChI is InChI=1S/C26H31FN4O3/c27-20-7-9-21(10-8-20)28-26(34)22-5-1-2-6-23(22)29-24(32)18-30-15-11-19(12-16-30)17-25(33)31-13-3-4-14-31/h1-2,5-10,19H,3-4,11-18H2,(H,28,34)(H,29,32). The molecule has 2 fully saturated rings. The van der Waals surface area contributed by atoms with Gasteiger partial charge in [0.05, 0.1) is 17.8 Å². The molecule has 180 valence electrons. The molecule has 2 heterocycles. The highest BCUT2D eigenvalue weighted by Gasteiger charge is 2.26. The third-order valence-electron chi connectivity index (χ3n) is 6.54. The number of anilines is 2. The van der Waals surface area contributed by atoms with Gasteiger partial charge in [-0.3, -0.25) is 19.3 Å². The van der Waals surface area contributed by atoms with Gasteiger partial charge in [0, 0.05) is 25.2 Å². The average Bonchev–Trinajstić information content (AvgIpc) is 3.37. The van der Waals surface area contributed by atoms with Crippen molar-refractivity contribution in [1.29, 1.82) is 0 Å². The van der Waals surface area contributed by atoms with E-state index in [4.69, 9.17) is 0 Å². The number of hydrogen-bond donors (Lipinski definition) is 2. The minimum Gasteiger partial charge on any atom is -0.343 e. The van der Waals surface area contributed by atoms with Crippen LogP contribution < -0.4 is 10.6 Å². The number of rotatable bonds is 7. The number of amides is 3. The van der Waals surface area contributed by atoms with E-state index in [-0.39, 0.29) is 30.1 Å². The maximum Gasteiger partial charge on any atom is 0.257 e. The number of carbonyl (C=O) groups excluding carboxylic acids is 3. The molecule has 0 aromatic heterocycles. The molecule has 8 heteroatoms. The maximum absolute atomic E-state index is 13.1. The van der Waals surface area contributed by atoms with E-state index in [1.54, 1.807) is 24.3 Å². The number of nitrogens with zero attached hydrogens (tertiary/aromatic N) is 2. The van der Waals surface area contributed by atoms with Gasteiger partial charge in [-0.25, -0.2) is 4.39 Å². The molecule has 2 aliphatic rings. The molecule has 4 rings (SSSR count). The first-order chi connectivity index (χ1) is 16.5. The number of benzene rings is 2. The van der Waals surface area contributed by atoms with Gasteiger partial charge >= 0.3 is 0 Å². The van der Waals surface area contributed by atoms with Gasteiger partial charge in [0.25, 0.3) is 5.91 Å². The topological polar surface area (TPSA) is 81.8 Å². The Morgan fingerprint density at radius 1 is 0.882 bits per heavy atom. The van der Waals surface area contributed by atoms with Gasteiger partial charge in [0.2, 0.25) is 11.8 Å². The van der Waals surface area contributed by atoms with Gasteiger partial charge in [-0.05, 0) is 81.1 Å². The van der Waals surface area contributed by atoms with Crippen molar-refractivity contribution in [2.45, 2.75) is 32.1 Å². The van der Waals surface area contributed by atoms with Crippen molar-refractivity contribution in [3.8, 4) is 0 Å². The van der Waals surface area contributed by atoms with Gasteiger partial charge < -0.3 is 15.5 Å². The Hall–Kier alpha value is -3.26. The van der Waals surface area contributed by atoms with Crippen molar-refractivity contribution in [1.82, 2.24) is 9.80 Å². The molecule has 0 aliphatic carbocycles. The molecule has 0 saturated carbocycles. The summed E-state index contributed by atoms with van der Waals surface area (Å²) in [4.78, 5) is 41.9. The Bertz CT molecular complexity index is 1010. The number of hydrogen-bond acceptors (Lipinski definition) is 4. The third kappa shape index (κ3) is 6.41. The van der Waals surface area contributed by atoms with Gasteiger partial charge in [0.1, 0.15) is 5.82 Å². The Labute approximate surface area is 199 Å². The number of carbonyl (C=O) groups is 3. The molecule has 3 amide bonds. The van der Waals surface area contributed by atoms with Crippen LogP contribution in [0.15, 0.2) is 48.5 Å². The molecule has 2 aromatic rings. The molecular formula is C26H31FN4O3. The quantitative estimate of drug-likeness (QED) is 0.651. The van der Waals surface area contributed by atoms with Gasteiger partial charge in [-0.1, -0.05) is 12.1 Å². The van der Waals surface area contributed by atoms with E-state index in [0.717, 1.165) is 51.9 Å². The zero-order chi connectivity index (χ0) is 23.9. The molecular weight excluding hydrogens is 435 g/mol. The van der Waals surface area contributed by atoms with Gasteiger partial charge in [-0.2, -0.15) is 0 Å². The van der Waals surface area contributed by atoms with Crippen LogP contribution in [-0.4, -0.2) is 60.2 Å². The Morgan fingerprint density at radius 3 is 2.26 bits per heavy atom. The van der Waals surface area contributed by atoms with Crippen LogP contribution in [-0.2, 0) is 9.59 Å². The molecule has 2 aromatic carbocycles. The van der Waals surface area contributed by atoms with E-state index < -0.39 is 0 Å². The van der Waals surface area contributed by atoms with E-state index in [9.17, 15) is 18.8 Å². The summed E-state index contributed by atoms with van der Waals surface area (Å²) in [6.45, 7) is 3.57. The van der Waals surface area contributed by atoms with E-state index in [2.05, 4.69) is 15.5 Å². The highest BCUT2D eigenvalue weighted by Crippen LogP contribution is 2.23. The van der Waals surface area contributed by atoms with Crippen molar-refractivity contribution in [3.05, 3.63) is 59.9 Å². The Balaban J connectivity index is 1.26. The first-order valence-corrected chi connectivity index (χ1v) is 11.9. The van der Waals surface area contributed by atoms with Crippen LogP contribution in [0.3, 0.4) is 0 Å². The van der Waals surface area contributed by atoms with Crippen molar-refractivity contribution in [3.63, 3.8) is 0 Å². The van der Waals surface area contributed by atoms with E-state index in [1.807, 2.05) is 4.90 Å². The summed E-state index contributed by atoms with van der Waals surface area (Å²) < 4.78 is 13.1. The van der Waals surface area contributed by atoms with Crippen LogP contribution in [0.4, 0.5) is 15.8 Å². The average molecular weight is 467 g/mol. The second-order valence-corrected chi connectivity index (χ2v) is 9.07. The number of nitrogens with one attached hydrogen (secondary N) is 2. The van der Waals surface area contributed by atoms with Crippen molar-refractivity contribution >= 4 is 29.1 Å². The number of para-hydroxylation sites is 1. The first kappa shape index (κ1) is 23.9. The summed E-state index contributed by atoms with van der Waals surface area (Å²) in [5.41, 5.74) is 1.23. The number of likely N-dealkylation sites (tertiary alicyclic amines) is 2. The van der Waals surface area contributed by atoms with Crippen molar-refractivity contribution in [2.24, 2.45) is 5.92 Å². The molecule has 0 bridgehead atoms. The lowest BCUT2D eigenvalue weighted by molar-refractivity contribution is -0.131. The third-order valence-corrected chi connectivity index (χ3v) is 6.54. The van der Waals surface area contributed by atoms with Crippen LogP contribution >= 0.6 is 0 Å². The van der Waals surface area contributed by atoms with Gasteiger partial charge in [-0.15, -0.1) is 0 Å². The largest absolute Gasteiger partial charge is 0.343 e. The highest BCUT2D eigenvalue weighted by atomic mass is 19.1. The lowest BCUT2D eigenvalue weighted by Crippen LogP contribution is -2.40. The molecule has 34 heavy (non-hydrogen) atoms. The van der Waals surface area contributed by atoms with Crippen molar-refractivity contribution < 1.29 is 18.8 Å². The van der Waals surface area contributed by atoms with E-state index >= 15 is 0 Å². The fourth-order valence-electron chi connectivity index (χ4n) is 4.61. The summed E-state index contributed by atoms with van der Waals surface area (Å²) in [7, 11) is 0. The minimum absolute atomic E-state index is 0.186. The van der Waals surface area contributed by atoms with Crippen molar-refractivity contribution in [2.75, 3.05) is 43.4 Å². The Kier molecular flexibility index (Phi) is 7.90. The summed E-state index contributed by atoms with van der Waals surface area (Å²) in [5, 5.41) is 5.57. The summed E-state index contributed by atoms with van der Waals surface area (Å²) in [6, 6.07) is 12.3. The fourth-order valence-corrected chi connectivity index (χ4v) is 4.61. The van der Waals surface area contributed by atoms with Crippen LogP contribution in [0.5, 0.6) is 0 Å². The lowest BCUT2D eigenvalue weighted by Gasteiger charge is -2.32. The van der Waals surface area contributed by atoms with E-state index in [1.165, 1.54) is 24.3 Å². The van der Waals surface area contributed by atoms with Crippen LogP contribution in [0, 0.1) is 11.7 Å². The summed E-state index contributed by atoms with van der Waals surface area (Å²) in [5.74, 6) is -0.306. The molecule has 2 saturated heterocycles. The monoisotopic (exact) mass is 466 g/mol.